The molecule has 0 spiro atoms. The number of rotatable bonds is 5. The predicted molar refractivity (Wildman–Crippen MR) is 75.4 cm³/mol. The maximum atomic E-state index is 12.4. The van der Waals surface area contributed by atoms with Crippen LogP contribution in [0.15, 0.2) is 0 Å². The molecule has 1 saturated heterocycles. The van der Waals surface area contributed by atoms with E-state index in [-0.39, 0.29) is 30.5 Å². The van der Waals surface area contributed by atoms with E-state index in [1.54, 1.807) is 11.8 Å². The molecule has 0 aromatic rings. The number of carboxylic acids is 1. The van der Waals surface area contributed by atoms with E-state index >= 15 is 0 Å². The van der Waals surface area contributed by atoms with Gasteiger partial charge in [0.25, 0.3) is 0 Å². The number of amides is 2. The minimum Gasteiger partial charge on any atom is -0.480 e. The first-order valence-corrected chi connectivity index (χ1v) is 7.25. The van der Waals surface area contributed by atoms with E-state index in [1.807, 2.05) is 13.8 Å². The van der Waals surface area contributed by atoms with Gasteiger partial charge in [0, 0.05) is 19.6 Å². The van der Waals surface area contributed by atoms with Crippen LogP contribution in [0, 0.1) is 11.8 Å². The van der Waals surface area contributed by atoms with E-state index in [0.29, 0.717) is 19.6 Å². The lowest BCUT2D eigenvalue weighted by atomic mass is 9.92. The highest BCUT2D eigenvalue weighted by Crippen LogP contribution is 2.21. The highest BCUT2D eigenvalue weighted by molar-refractivity contribution is 5.80. The molecular weight excluding hydrogens is 260 g/mol. The van der Waals surface area contributed by atoms with E-state index in [2.05, 4.69) is 0 Å². The molecule has 1 rings (SSSR count). The van der Waals surface area contributed by atoms with Gasteiger partial charge in [0.15, 0.2) is 0 Å². The van der Waals surface area contributed by atoms with Crippen molar-refractivity contribution in [3.63, 3.8) is 0 Å². The van der Waals surface area contributed by atoms with Crippen molar-refractivity contribution in [1.82, 2.24) is 9.80 Å². The van der Waals surface area contributed by atoms with Crippen molar-refractivity contribution in [2.75, 3.05) is 26.2 Å². The van der Waals surface area contributed by atoms with Crippen molar-refractivity contribution in [1.29, 1.82) is 0 Å². The molecule has 1 atom stereocenters. The molecule has 0 saturated carbocycles. The first-order chi connectivity index (χ1) is 9.31. The minimum atomic E-state index is -0.988. The smallest absolute Gasteiger partial charge is 0.323 e. The number of carbonyl (C=O) groups excluding carboxylic acids is 1. The summed E-state index contributed by atoms with van der Waals surface area (Å²) in [6, 6.07) is -0.204. The van der Waals surface area contributed by atoms with Crippen molar-refractivity contribution in [3.8, 4) is 0 Å². The average molecular weight is 286 g/mol. The van der Waals surface area contributed by atoms with Crippen molar-refractivity contribution in [3.05, 3.63) is 0 Å². The van der Waals surface area contributed by atoms with Gasteiger partial charge in [-0.1, -0.05) is 13.8 Å². The Morgan fingerprint density at radius 1 is 1.25 bits per heavy atom. The van der Waals surface area contributed by atoms with Crippen LogP contribution in [0.5, 0.6) is 0 Å². The number of hydrogen-bond donors (Lipinski definition) is 2. The Labute approximate surface area is 120 Å². The fourth-order valence-corrected chi connectivity index (χ4v) is 2.59. The van der Waals surface area contributed by atoms with Crippen LogP contribution in [0.4, 0.5) is 4.79 Å². The van der Waals surface area contributed by atoms with Gasteiger partial charge in [0.2, 0.25) is 0 Å². The lowest BCUT2D eigenvalue weighted by Gasteiger charge is -2.36. The molecule has 1 fully saturated rings. The monoisotopic (exact) mass is 286 g/mol. The maximum absolute atomic E-state index is 12.4. The summed E-state index contributed by atoms with van der Waals surface area (Å²) in [6.07, 6.45) is 1.19. The molecule has 6 nitrogen and oxygen atoms in total. The average Bonchev–Trinajstić information content (AvgIpc) is 2.36. The summed E-state index contributed by atoms with van der Waals surface area (Å²) >= 11 is 0. The molecule has 0 bridgehead atoms. The SMILES string of the molecule is CC(C)CN(CC(=O)O)C(=O)N1CCC(C(C)O)CC1. The van der Waals surface area contributed by atoms with Crippen molar-refractivity contribution in [2.45, 2.75) is 39.7 Å². The normalized spacial score (nSPS) is 18.1. The van der Waals surface area contributed by atoms with Crippen molar-refractivity contribution in [2.24, 2.45) is 11.8 Å². The lowest BCUT2D eigenvalue weighted by molar-refractivity contribution is -0.137. The number of urea groups is 1. The molecule has 2 amide bonds. The molecule has 2 N–H and O–H groups in total. The summed E-state index contributed by atoms with van der Waals surface area (Å²) in [5.74, 6) is -0.525. The first-order valence-electron chi connectivity index (χ1n) is 7.25. The van der Waals surface area contributed by atoms with Crippen LogP contribution in [0.25, 0.3) is 0 Å². The molecule has 6 heteroatoms. The Kier molecular flexibility index (Phi) is 6.26. The van der Waals surface area contributed by atoms with Gasteiger partial charge >= 0.3 is 12.0 Å². The van der Waals surface area contributed by atoms with Crippen LogP contribution in [-0.4, -0.2) is 64.3 Å². The number of likely N-dealkylation sites (tertiary alicyclic amines) is 1. The number of carbonyl (C=O) groups is 2. The third-order valence-electron chi connectivity index (χ3n) is 3.67. The van der Waals surface area contributed by atoms with Gasteiger partial charge in [0.1, 0.15) is 6.54 Å². The number of nitrogens with zero attached hydrogens (tertiary/aromatic N) is 2. The third kappa shape index (κ3) is 5.00. The van der Waals surface area contributed by atoms with Gasteiger partial charge in [-0.25, -0.2) is 4.79 Å². The summed E-state index contributed by atoms with van der Waals surface area (Å²) in [4.78, 5) is 26.3. The number of aliphatic carboxylic acids is 1. The Hall–Kier alpha value is -1.30. The Morgan fingerprint density at radius 3 is 2.20 bits per heavy atom. The molecule has 20 heavy (non-hydrogen) atoms. The summed E-state index contributed by atoms with van der Waals surface area (Å²) in [6.45, 7) is 7.06. The largest absolute Gasteiger partial charge is 0.480 e. The summed E-state index contributed by atoms with van der Waals surface area (Å²) in [5.41, 5.74) is 0. The molecular formula is C14H26N2O4. The van der Waals surface area contributed by atoms with Gasteiger partial charge in [-0.3, -0.25) is 4.79 Å². The van der Waals surface area contributed by atoms with E-state index in [4.69, 9.17) is 5.11 Å². The van der Waals surface area contributed by atoms with E-state index < -0.39 is 5.97 Å². The number of piperidine rings is 1. The maximum Gasteiger partial charge on any atom is 0.323 e. The van der Waals surface area contributed by atoms with Gasteiger partial charge in [-0.05, 0) is 31.6 Å². The molecule has 0 aromatic heterocycles. The van der Waals surface area contributed by atoms with E-state index in [0.717, 1.165) is 12.8 Å². The molecule has 0 aliphatic carbocycles. The second-order valence-electron chi connectivity index (χ2n) is 6.02. The Bertz CT molecular complexity index is 336. The number of hydrogen-bond acceptors (Lipinski definition) is 3. The highest BCUT2D eigenvalue weighted by atomic mass is 16.4. The number of carboxylic acid groups (broad SMARTS) is 1. The molecule has 1 aliphatic rings. The van der Waals surface area contributed by atoms with E-state index in [1.165, 1.54) is 4.90 Å². The zero-order valence-corrected chi connectivity index (χ0v) is 12.6. The van der Waals surface area contributed by atoms with Crippen molar-refractivity contribution < 1.29 is 19.8 Å². The fourth-order valence-electron chi connectivity index (χ4n) is 2.59. The molecule has 1 aliphatic heterocycles. The minimum absolute atomic E-state index is 0.204. The standard InChI is InChI=1S/C14H26N2O4/c1-10(2)8-16(9-13(18)19)14(20)15-6-4-12(5-7-15)11(3)17/h10-12,17H,4-9H2,1-3H3,(H,18,19). The van der Waals surface area contributed by atoms with Gasteiger partial charge in [-0.2, -0.15) is 0 Å². The Balaban J connectivity index is 2.59. The third-order valence-corrected chi connectivity index (χ3v) is 3.67. The van der Waals surface area contributed by atoms with Crippen LogP contribution in [0.2, 0.25) is 0 Å². The highest BCUT2D eigenvalue weighted by Gasteiger charge is 2.29. The topological polar surface area (TPSA) is 81.1 Å². The summed E-state index contributed by atoms with van der Waals surface area (Å²) in [7, 11) is 0. The van der Waals surface area contributed by atoms with Gasteiger partial charge < -0.3 is 20.0 Å². The zero-order chi connectivity index (χ0) is 15.3. The van der Waals surface area contributed by atoms with Gasteiger partial charge in [-0.15, -0.1) is 0 Å². The summed E-state index contributed by atoms with van der Waals surface area (Å²) < 4.78 is 0. The quantitative estimate of drug-likeness (QED) is 0.797. The fraction of sp³-hybridized carbons (Fsp3) is 0.857. The Morgan fingerprint density at radius 2 is 1.80 bits per heavy atom. The van der Waals surface area contributed by atoms with Crippen molar-refractivity contribution >= 4 is 12.0 Å². The lowest BCUT2D eigenvalue weighted by Crippen LogP contribution is -2.50. The van der Waals surface area contributed by atoms with Crippen LogP contribution < -0.4 is 0 Å². The van der Waals surface area contributed by atoms with Gasteiger partial charge in [0.05, 0.1) is 6.10 Å². The molecule has 116 valence electrons. The van der Waals surface area contributed by atoms with E-state index in [9.17, 15) is 14.7 Å². The second kappa shape index (κ2) is 7.47. The second-order valence-corrected chi connectivity index (χ2v) is 6.02. The predicted octanol–water partition coefficient (Wildman–Crippen LogP) is 1.24. The summed E-state index contributed by atoms with van der Waals surface area (Å²) in [5, 5.41) is 18.5. The molecule has 0 radical (unpaired) electrons. The molecule has 1 heterocycles. The van der Waals surface area contributed by atoms with Crippen LogP contribution in [-0.2, 0) is 4.79 Å². The van der Waals surface area contributed by atoms with Crippen LogP contribution >= 0.6 is 0 Å². The molecule has 1 unspecified atom stereocenters. The van der Waals surface area contributed by atoms with Crippen LogP contribution in [0.3, 0.4) is 0 Å². The molecule has 0 aromatic carbocycles. The number of aliphatic hydroxyl groups excluding tert-OH is 1. The zero-order valence-electron chi connectivity index (χ0n) is 12.6. The number of aliphatic hydroxyl groups is 1. The van der Waals surface area contributed by atoms with Crippen LogP contribution in [0.1, 0.15) is 33.6 Å². The first kappa shape index (κ1) is 16.8.